The van der Waals surface area contributed by atoms with E-state index < -0.39 is 0 Å². The third-order valence-electron chi connectivity index (χ3n) is 4.35. The second-order valence-corrected chi connectivity index (χ2v) is 7.21. The highest BCUT2D eigenvalue weighted by Crippen LogP contribution is 2.47. The second-order valence-electron chi connectivity index (χ2n) is 6.17. The molecule has 0 spiro atoms. The van der Waals surface area contributed by atoms with Gasteiger partial charge in [0.1, 0.15) is 0 Å². The molecule has 0 unspecified atom stereocenters. The molecule has 6 heteroatoms. The van der Waals surface area contributed by atoms with Crippen molar-refractivity contribution in [3.63, 3.8) is 0 Å². The lowest BCUT2D eigenvalue weighted by Crippen LogP contribution is -2.14. The highest BCUT2D eigenvalue weighted by molar-refractivity contribution is 7.99. The molecule has 1 amide bonds. The van der Waals surface area contributed by atoms with Gasteiger partial charge >= 0.3 is 0 Å². The molecule has 4 rings (SSSR count). The summed E-state index contributed by atoms with van der Waals surface area (Å²) in [5.41, 5.74) is 1.97. The molecule has 126 valence electrons. The number of amides is 1. The number of rotatable bonds is 5. The summed E-state index contributed by atoms with van der Waals surface area (Å²) in [5, 5.41) is 3.95. The molecule has 1 aliphatic rings. The summed E-state index contributed by atoms with van der Waals surface area (Å²) in [5.74, 6) is 0.427. The standard InChI is InChI=1S/C19H18N4OS/c1-23-10-9-21-19(23)25-15-6-4-14(5-7-15)22-18(24)17-11-16(17)13-3-2-8-20-12-13/h2-10,12,16-17H,11H2,1H3,(H,22,24)/t16-,17-/m1/s1. The van der Waals surface area contributed by atoms with Gasteiger partial charge in [0.05, 0.1) is 0 Å². The molecular weight excluding hydrogens is 332 g/mol. The molecule has 3 aromatic rings. The van der Waals surface area contributed by atoms with Crippen LogP contribution in [0.4, 0.5) is 5.69 Å². The minimum absolute atomic E-state index is 0.0471. The third-order valence-corrected chi connectivity index (χ3v) is 5.43. The average Bonchev–Trinajstić information content (AvgIpc) is 3.35. The van der Waals surface area contributed by atoms with Crippen LogP contribution < -0.4 is 5.32 Å². The maximum Gasteiger partial charge on any atom is 0.228 e. The zero-order chi connectivity index (χ0) is 17.2. The first-order valence-electron chi connectivity index (χ1n) is 8.17. The fourth-order valence-corrected chi connectivity index (χ4v) is 3.65. The Morgan fingerprint density at radius 3 is 2.76 bits per heavy atom. The van der Waals surface area contributed by atoms with E-state index in [9.17, 15) is 4.79 Å². The number of pyridine rings is 1. The van der Waals surface area contributed by atoms with Crippen LogP contribution in [0.2, 0.25) is 0 Å². The molecule has 0 aliphatic heterocycles. The van der Waals surface area contributed by atoms with E-state index in [0.717, 1.165) is 27.7 Å². The van der Waals surface area contributed by atoms with Gasteiger partial charge in [-0.1, -0.05) is 17.8 Å². The number of nitrogens with zero attached hydrogens (tertiary/aromatic N) is 3. The number of nitrogens with one attached hydrogen (secondary N) is 1. The summed E-state index contributed by atoms with van der Waals surface area (Å²) >= 11 is 1.60. The number of anilines is 1. The predicted octanol–water partition coefficient (Wildman–Crippen LogP) is 3.71. The van der Waals surface area contributed by atoms with Crippen LogP contribution in [0, 0.1) is 5.92 Å². The minimum Gasteiger partial charge on any atom is -0.329 e. The summed E-state index contributed by atoms with van der Waals surface area (Å²) in [7, 11) is 1.97. The van der Waals surface area contributed by atoms with Crippen molar-refractivity contribution >= 4 is 23.4 Å². The number of hydrogen-bond acceptors (Lipinski definition) is 4. The number of imidazole rings is 1. The number of hydrogen-bond donors (Lipinski definition) is 1. The van der Waals surface area contributed by atoms with E-state index in [1.54, 1.807) is 24.2 Å². The summed E-state index contributed by atoms with van der Waals surface area (Å²) in [4.78, 5) is 21.9. The van der Waals surface area contributed by atoms with Gasteiger partial charge in [-0.05, 0) is 48.2 Å². The summed E-state index contributed by atoms with van der Waals surface area (Å²) in [6, 6.07) is 11.8. The molecule has 5 nitrogen and oxygen atoms in total. The Bertz CT molecular complexity index is 876. The van der Waals surface area contributed by atoms with Crippen molar-refractivity contribution in [3.8, 4) is 0 Å². The van der Waals surface area contributed by atoms with Gasteiger partial charge in [-0.25, -0.2) is 4.98 Å². The SMILES string of the molecule is Cn1ccnc1Sc1ccc(NC(=O)[C@@H]2C[C@@H]2c2cccnc2)cc1. The van der Waals surface area contributed by atoms with Gasteiger partial charge in [-0.15, -0.1) is 0 Å². The van der Waals surface area contributed by atoms with Gasteiger partial charge in [0, 0.05) is 48.3 Å². The second kappa shape index (κ2) is 6.72. The Balaban J connectivity index is 1.35. The third kappa shape index (κ3) is 3.58. The molecule has 0 radical (unpaired) electrons. The van der Waals surface area contributed by atoms with E-state index in [-0.39, 0.29) is 11.8 Å². The van der Waals surface area contributed by atoms with E-state index in [1.807, 2.05) is 60.4 Å². The summed E-state index contributed by atoms with van der Waals surface area (Å²) < 4.78 is 1.98. The Hall–Kier alpha value is -2.60. The summed E-state index contributed by atoms with van der Waals surface area (Å²) in [6.45, 7) is 0. The molecule has 0 saturated heterocycles. The number of aromatic nitrogens is 3. The van der Waals surface area contributed by atoms with Gasteiger partial charge in [0.15, 0.2) is 5.16 Å². The summed E-state index contributed by atoms with van der Waals surface area (Å²) in [6.07, 6.45) is 8.20. The van der Waals surface area contributed by atoms with Crippen molar-refractivity contribution in [3.05, 3.63) is 66.7 Å². The lowest BCUT2D eigenvalue weighted by molar-refractivity contribution is -0.117. The Morgan fingerprint density at radius 2 is 2.08 bits per heavy atom. The number of carbonyl (C=O) groups is 1. The van der Waals surface area contributed by atoms with E-state index in [4.69, 9.17) is 0 Å². The van der Waals surface area contributed by atoms with Crippen LogP contribution in [0.1, 0.15) is 17.9 Å². The number of benzene rings is 1. The monoisotopic (exact) mass is 350 g/mol. The first-order valence-corrected chi connectivity index (χ1v) is 8.98. The van der Waals surface area contributed by atoms with Crippen molar-refractivity contribution in [1.82, 2.24) is 14.5 Å². The molecular formula is C19H18N4OS. The van der Waals surface area contributed by atoms with Gasteiger partial charge in [0.2, 0.25) is 5.91 Å². The van der Waals surface area contributed by atoms with Crippen LogP contribution >= 0.6 is 11.8 Å². The smallest absolute Gasteiger partial charge is 0.228 e. The molecule has 1 aromatic carbocycles. The molecule has 2 aromatic heterocycles. The quantitative estimate of drug-likeness (QED) is 0.762. The van der Waals surface area contributed by atoms with E-state index >= 15 is 0 Å². The Morgan fingerprint density at radius 1 is 1.24 bits per heavy atom. The maximum atomic E-state index is 12.4. The molecule has 2 heterocycles. The number of carbonyl (C=O) groups excluding carboxylic acids is 1. The van der Waals surface area contributed by atoms with Gasteiger partial charge in [-0.2, -0.15) is 0 Å². The fourth-order valence-electron chi connectivity index (χ4n) is 2.85. The first kappa shape index (κ1) is 15.9. The Kier molecular flexibility index (Phi) is 4.28. The van der Waals surface area contributed by atoms with Crippen LogP contribution in [0.3, 0.4) is 0 Å². The molecule has 1 N–H and O–H groups in total. The van der Waals surface area contributed by atoms with Gasteiger partial charge in [-0.3, -0.25) is 9.78 Å². The average molecular weight is 350 g/mol. The van der Waals surface area contributed by atoms with Crippen molar-refractivity contribution in [1.29, 1.82) is 0 Å². The van der Waals surface area contributed by atoms with Crippen molar-refractivity contribution in [2.45, 2.75) is 22.4 Å². The largest absolute Gasteiger partial charge is 0.329 e. The van der Waals surface area contributed by atoms with Crippen LogP contribution in [-0.4, -0.2) is 20.4 Å². The van der Waals surface area contributed by atoms with Crippen molar-refractivity contribution in [2.75, 3.05) is 5.32 Å². The molecule has 2 atom stereocenters. The Labute approximate surface area is 150 Å². The first-order chi connectivity index (χ1) is 12.2. The lowest BCUT2D eigenvalue weighted by atomic mass is 10.1. The molecule has 1 aliphatic carbocycles. The zero-order valence-electron chi connectivity index (χ0n) is 13.8. The van der Waals surface area contributed by atoms with Crippen LogP contribution in [-0.2, 0) is 11.8 Å². The normalized spacial score (nSPS) is 18.8. The van der Waals surface area contributed by atoms with Crippen LogP contribution in [0.25, 0.3) is 0 Å². The molecule has 25 heavy (non-hydrogen) atoms. The maximum absolute atomic E-state index is 12.4. The molecule has 1 fully saturated rings. The topological polar surface area (TPSA) is 59.8 Å². The van der Waals surface area contributed by atoms with Gasteiger partial charge in [0.25, 0.3) is 0 Å². The minimum atomic E-state index is 0.0471. The highest BCUT2D eigenvalue weighted by Gasteiger charge is 2.44. The van der Waals surface area contributed by atoms with E-state index in [2.05, 4.69) is 15.3 Å². The van der Waals surface area contributed by atoms with Crippen LogP contribution in [0.15, 0.2) is 71.2 Å². The van der Waals surface area contributed by atoms with Crippen molar-refractivity contribution in [2.24, 2.45) is 13.0 Å². The molecule has 0 bridgehead atoms. The highest BCUT2D eigenvalue weighted by atomic mass is 32.2. The van der Waals surface area contributed by atoms with Crippen LogP contribution in [0.5, 0.6) is 0 Å². The zero-order valence-corrected chi connectivity index (χ0v) is 14.6. The number of aryl methyl sites for hydroxylation is 1. The fraction of sp³-hybridized carbons (Fsp3) is 0.211. The lowest BCUT2D eigenvalue weighted by Gasteiger charge is -2.07. The van der Waals surface area contributed by atoms with Crippen molar-refractivity contribution < 1.29 is 4.79 Å². The predicted molar refractivity (Wildman–Crippen MR) is 97.5 cm³/mol. The van der Waals surface area contributed by atoms with Gasteiger partial charge < -0.3 is 9.88 Å². The van der Waals surface area contributed by atoms with E-state index in [0.29, 0.717) is 5.92 Å². The van der Waals surface area contributed by atoms with E-state index in [1.165, 1.54) is 0 Å². The molecule has 1 saturated carbocycles.